The Morgan fingerprint density at radius 3 is 2.67 bits per heavy atom. The molecule has 0 amide bonds. The van der Waals surface area contributed by atoms with Crippen molar-refractivity contribution in [2.24, 2.45) is 0 Å². The van der Waals surface area contributed by atoms with E-state index < -0.39 is 12.0 Å². The molecule has 3 heterocycles. The molecule has 3 N–H and O–H groups in total. The van der Waals surface area contributed by atoms with Crippen LogP contribution in [0.3, 0.4) is 0 Å². The molecule has 0 saturated carbocycles. The molecular formula is C26H24N4O2S. The van der Waals surface area contributed by atoms with Gasteiger partial charge in [0.2, 0.25) is 0 Å². The van der Waals surface area contributed by atoms with Crippen molar-refractivity contribution < 1.29 is 9.90 Å². The van der Waals surface area contributed by atoms with Gasteiger partial charge in [0, 0.05) is 34.8 Å². The Hall–Kier alpha value is -3.71. The molecule has 7 heteroatoms. The van der Waals surface area contributed by atoms with E-state index in [2.05, 4.69) is 23.3 Å². The summed E-state index contributed by atoms with van der Waals surface area (Å²) in [6.45, 7) is 2.10. The van der Waals surface area contributed by atoms with Crippen molar-refractivity contribution >= 4 is 44.2 Å². The minimum Gasteiger partial charge on any atom is -0.480 e. The number of carbonyl (C=O) groups is 1. The first-order chi connectivity index (χ1) is 16.1. The first kappa shape index (κ1) is 21.2. The van der Waals surface area contributed by atoms with Crippen LogP contribution in [0.5, 0.6) is 0 Å². The van der Waals surface area contributed by atoms with Crippen LogP contribution in [0.1, 0.15) is 28.8 Å². The fourth-order valence-electron chi connectivity index (χ4n) is 4.04. The van der Waals surface area contributed by atoms with Crippen LogP contribution in [-0.4, -0.2) is 32.1 Å². The molecule has 0 aliphatic rings. The number of thiophene rings is 1. The largest absolute Gasteiger partial charge is 0.480 e. The van der Waals surface area contributed by atoms with Crippen LogP contribution in [0.4, 0.5) is 5.82 Å². The van der Waals surface area contributed by atoms with Gasteiger partial charge < -0.3 is 15.4 Å². The second-order valence-electron chi connectivity index (χ2n) is 8.03. The number of anilines is 1. The van der Waals surface area contributed by atoms with Gasteiger partial charge in [0.1, 0.15) is 22.5 Å². The van der Waals surface area contributed by atoms with E-state index in [4.69, 9.17) is 9.97 Å². The number of aliphatic carboxylic acids is 1. The normalized spacial score (nSPS) is 12.3. The SMILES string of the molecule is CCc1cc2c(NC(Cc3c[nH]c4ccccc34)C(=O)O)nc(Cc3ccccc3)nc2s1. The summed E-state index contributed by atoms with van der Waals surface area (Å²) in [4.78, 5) is 27.1. The molecule has 2 aromatic carbocycles. The number of nitrogens with one attached hydrogen (secondary N) is 2. The Morgan fingerprint density at radius 2 is 1.88 bits per heavy atom. The zero-order valence-corrected chi connectivity index (χ0v) is 19.0. The van der Waals surface area contributed by atoms with Crippen molar-refractivity contribution in [2.75, 3.05) is 5.32 Å². The lowest BCUT2D eigenvalue weighted by atomic mass is 10.0. The van der Waals surface area contributed by atoms with Gasteiger partial charge in [-0.15, -0.1) is 11.3 Å². The maximum absolute atomic E-state index is 12.2. The molecule has 0 aliphatic carbocycles. The fraction of sp³-hybridized carbons (Fsp3) is 0.192. The molecule has 1 unspecified atom stereocenters. The summed E-state index contributed by atoms with van der Waals surface area (Å²) < 4.78 is 0. The Bertz CT molecular complexity index is 1420. The van der Waals surface area contributed by atoms with Gasteiger partial charge in [-0.3, -0.25) is 0 Å². The number of benzene rings is 2. The van der Waals surface area contributed by atoms with Crippen molar-refractivity contribution in [1.29, 1.82) is 0 Å². The van der Waals surface area contributed by atoms with Gasteiger partial charge in [-0.1, -0.05) is 55.5 Å². The third-order valence-corrected chi connectivity index (χ3v) is 6.92. The summed E-state index contributed by atoms with van der Waals surface area (Å²) in [5.41, 5.74) is 3.07. The number of aromatic amines is 1. The lowest BCUT2D eigenvalue weighted by molar-refractivity contribution is -0.137. The molecule has 166 valence electrons. The third kappa shape index (κ3) is 4.45. The zero-order chi connectivity index (χ0) is 22.8. The number of aromatic nitrogens is 3. The standard InChI is InChI=1S/C26H24N4O2S/c1-2-18-14-20-24(29-23(30-25(20)33-18)12-16-8-4-3-5-9-16)28-22(26(31)32)13-17-15-27-21-11-7-6-10-19(17)21/h3-11,14-15,22,27H,2,12-13H2,1H3,(H,31,32)(H,28,29,30). The topological polar surface area (TPSA) is 90.9 Å². The van der Waals surface area contributed by atoms with E-state index in [0.717, 1.165) is 38.7 Å². The second-order valence-corrected chi connectivity index (χ2v) is 9.15. The van der Waals surface area contributed by atoms with E-state index in [0.29, 0.717) is 24.5 Å². The lowest BCUT2D eigenvalue weighted by Crippen LogP contribution is -2.32. The van der Waals surface area contributed by atoms with E-state index in [9.17, 15) is 9.90 Å². The minimum absolute atomic E-state index is 0.337. The summed E-state index contributed by atoms with van der Waals surface area (Å²) in [7, 11) is 0. The summed E-state index contributed by atoms with van der Waals surface area (Å²) in [5.74, 6) is 0.341. The molecule has 0 fully saturated rings. The number of para-hydroxylation sites is 1. The van der Waals surface area contributed by atoms with E-state index in [1.165, 1.54) is 4.88 Å². The summed E-state index contributed by atoms with van der Waals surface area (Å²) in [6, 6.07) is 19.2. The minimum atomic E-state index is -0.914. The number of H-pyrrole nitrogens is 1. The quantitative estimate of drug-likeness (QED) is 0.289. The molecule has 33 heavy (non-hydrogen) atoms. The molecule has 0 radical (unpaired) electrons. The predicted octanol–water partition coefficient (Wildman–Crippen LogP) is 5.43. The Balaban J connectivity index is 1.50. The van der Waals surface area contributed by atoms with Crippen LogP contribution >= 0.6 is 11.3 Å². The van der Waals surface area contributed by atoms with Gasteiger partial charge in [0.25, 0.3) is 0 Å². The van der Waals surface area contributed by atoms with E-state index >= 15 is 0 Å². The highest BCUT2D eigenvalue weighted by atomic mass is 32.1. The predicted molar refractivity (Wildman–Crippen MR) is 133 cm³/mol. The van der Waals surface area contributed by atoms with Crippen molar-refractivity contribution in [3.8, 4) is 0 Å². The number of rotatable bonds is 8. The Kier molecular flexibility index (Phi) is 5.79. The Morgan fingerprint density at radius 1 is 1.09 bits per heavy atom. The first-order valence-corrected chi connectivity index (χ1v) is 11.8. The van der Waals surface area contributed by atoms with Gasteiger partial charge >= 0.3 is 5.97 Å². The monoisotopic (exact) mass is 456 g/mol. The highest BCUT2D eigenvalue weighted by molar-refractivity contribution is 7.18. The van der Waals surface area contributed by atoms with Crippen LogP contribution in [0.2, 0.25) is 0 Å². The molecule has 5 aromatic rings. The molecule has 5 rings (SSSR count). The summed E-state index contributed by atoms with van der Waals surface area (Å²) in [6.07, 6.45) is 3.71. The van der Waals surface area contributed by atoms with Crippen molar-refractivity contribution in [3.63, 3.8) is 0 Å². The number of carboxylic acids is 1. The van der Waals surface area contributed by atoms with Gasteiger partial charge in [-0.05, 0) is 29.7 Å². The van der Waals surface area contributed by atoms with Crippen LogP contribution in [-0.2, 0) is 24.1 Å². The molecular weight excluding hydrogens is 432 g/mol. The number of hydrogen-bond acceptors (Lipinski definition) is 5. The van der Waals surface area contributed by atoms with Crippen molar-refractivity contribution in [2.45, 2.75) is 32.2 Å². The fourth-order valence-corrected chi connectivity index (χ4v) is 5.03. The van der Waals surface area contributed by atoms with Gasteiger partial charge in [0.15, 0.2) is 0 Å². The van der Waals surface area contributed by atoms with E-state index in [1.54, 1.807) is 11.3 Å². The van der Waals surface area contributed by atoms with E-state index in [-0.39, 0.29) is 0 Å². The Labute approximate surface area is 195 Å². The number of fused-ring (bicyclic) bond motifs is 2. The molecule has 1 atom stereocenters. The van der Waals surface area contributed by atoms with Crippen molar-refractivity contribution in [3.05, 3.63) is 88.7 Å². The van der Waals surface area contributed by atoms with E-state index in [1.807, 2.05) is 60.8 Å². The maximum Gasteiger partial charge on any atom is 0.326 e. The van der Waals surface area contributed by atoms with Crippen LogP contribution < -0.4 is 5.32 Å². The molecule has 0 spiro atoms. The number of aryl methyl sites for hydroxylation is 1. The van der Waals surface area contributed by atoms with Crippen molar-refractivity contribution in [1.82, 2.24) is 15.0 Å². The highest BCUT2D eigenvalue weighted by Gasteiger charge is 2.22. The van der Waals surface area contributed by atoms with Crippen LogP contribution in [0, 0.1) is 0 Å². The highest BCUT2D eigenvalue weighted by Crippen LogP contribution is 2.31. The molecule has 6 nitrogen and oxygen atoms in total. The maximum atomic E-state index is 12.2. The lowest BCUT2D eigenvalue weighted by Gasteiger charge is -2.16. The third-order valence-electron chi connectivity index (χ3n) is 5.75. The second kappa shape index (κ2) is 9.03. The summed E-state index contributed by atoms with van der Waals surface area (Å²) >= 11 is 1.64. The average molecular weight is 457 g/mol. The van der Waals surface area contributed by atoms with Crippen LogP contribution in [0.15, 0.2) is 66.9 Å². The molecule has 0 bridgehead atoms. The molecule has 3 aromatic heterocycles. The number of hydrogen-bond donors (Lipinski definition) is 3. The number of nitrogens with zero attached hydrogens (tertiary/aromatic N) is 2. The average Bonchev–Trinajstić information content (AvgIpc) is 3.43. The van der Waals surface area contributed by atoms with Gasteiger partial charge in [-0.2, -0.15) is 0 Å². The summed E-state index contributed by atoms with van der Waals surface area (Å²) in [5, 5.41) is 15.2. The zero-order valence-electron chi connectivity index (χ0n) is 18.2. The van der Waals surface area contributed by atoms with Gasteiger partial charge in [0.05, 0.1) is 5.39 Å². The number of carboxylic acid groups (broad SMARTS) is 1. The van der Waals surface area contributed by atoms with Crippen LogP contribution in [0.25, 0.3) is 21.1 Å². The smallest absolute Gasteiger partial charge is 0.326 e. The molecule has 0 saturated heterocycles. The first-order valence-electron chi connectivity index (χ1n) is 11.0. The van der Waals surface area contributed by atoms with Gasteiger partial charge in [-0.25, -0.2) is 14.8 Å². The molecule has 0 aliphatic heterocycles.